The van der Waals surface area contributed by atoms with Gasteiger partial charge in [0.05, 0.1) is 12.2 Å². The summed E-state index contributed by atoms with van der Waals surface area (Å²) in [6.45, 7) is 0.493. The second kappa shape index (κ2) is 6.99. The van der Waals surface area contributed by atoms with E-state index >= 15 is 0 Å². The maximum absolute atomic E-state index is 12.6. The van der Waals surface area contributed by atoms with Crippen LogP contribution in [0.1, 0.15) is 12.7 Å². The molecule has 0 spiro atoms. The van der Waals surface area contributed by atoms with E-state index in [1.54, 1.807) is 0 Å². The van der Waals surface area contributed by atoms with E-state index in [9.17, 15) is 32.7 Å². The molecule has 1 fully saturated rings. The molecule has 2 atom stereocenters. The molecule has 1 saturated heterocycles. The number of H-pyrrole nitrogens is 1. The van der Waals surface area contributed by atoms with E-state index in [-0.39, 0.29) is 17.8 Å². The lowest BCUT2D eigenvalue weighted by atomic mass is 10.0. The third-order valence-corrected chi connectivity index (χ3v) is 6.01. The minimum Gasteiger partial charge on any atom is -0.477 e. The van der Waals surface area contributed by atoms with Crippen molar-refractivity contribution in [2.24, 2.45) is 0 Å². The first kappa shape index (κ1) is 19.4. The van der Waals surface area contributed by atoms with Gasteiger partial charge in [0, 0.05) is 12.5 Å². The third kappa shape index (κ3) is 3.42. The Morgan fingerprint density at radius 2 is 2.11 bits per heavy atom. The number of nitrogens with zero attached hydrogens (tertiary/aromatic N) is 4. The molecule has 3 heterocycles. The predicted octanol–water partition coefficient (Wildman–Crippen LogP) is -3.27. The van der Waals surface area contributed by atoms with Gasteiger partial charge < -0.3 is 15.2 Å². The Kier molecular flexibility index (Phi) is 4.84. The molecule has 2 aliphatic heterocycles. The van der Waals surface area contributed by atoms with Crippen LogP contribution < -0.4 is 5.32 Å². The molecule has 28 heavy (non-hydrogen) atoms. The molecular weight excluding hydrogens is 400 g/mol. The van der Waals surface area contributed by atoms with Gasteiger partial charge in [0.15, 0.2) is 21.0 Å². The van der Waals surface area contributed by atoms with Crippen molar-refractivity contribution in [1.29, 1.82) is 0 Å². The van der Waals surface area contributed by atoms with Gasteiger partial charge in [-0.15, -0.1) is 10.2 Å². The molecule has 0 radical (unpaired) electrons. The number of carbonyl (C=O) groups excluding carboxylic acids is 3. The summed E-state index contributed by atoms with van der Waals surface area (Å²) >= 11 is 0. The van der Waals surface area contributed by atoms with Crippen molar-refractivity contribution >= 4 is 33.6 Å². The number of rotatable bonds is 6. The molecule has 150 valence electrons. The lowest BCUT2D eigenvalue weighted by molar-refractivity contribution is -0.151. The molecule has 0 aromatic carbocycles. The number of β-lactam (4-membered cyclic amide) rings is 1. The number of carboxylic acid groups (broad SMARTS) is 1. The first-order valence-corrected chi connectivity index (χ1v) is 9.48. The number of aromatic amines is 1. The van der Waals surface area contributed by atoms with Crippen LogP contribution in [0.15, 0.2) is 11.3 Å². The Bertz CT molecular complexity index is 985. The molecule has 3 rings (SSSR count). The number of hydrogen-bond acceptors (Lipinski definition) is 10. The quantitative estimate of drug-likeness (QED) is 0.311. The molecule has 1 aromatic heterocycles. The molecule has 0 bridgehead atoms. The molecule has 14 nitrogen and oxygen atoms in total. The van der Waals surface area contributed by atoms with Gasteiger partial charge in [-0.05, 0) is 0 Å². The predicted molar refractivity (Wildman–Crippen MR) is 85.5 cm³/mol. The average molecular weight is 414 g/mol. The summed E-state index contributed by atoms with van der Waals surface area (Å²) in [4.78, 5) is 47.6. The van der Waals surface area contributed by atoms with Gasteiger partial charge in [-0.1, -0.05) is 5.21 Å². The number of nitrogens with one attached hydrogen (secondary N) is 2. The van der Waals surface area contributed by atoms with Gasteiger partial charge in [-0.3, -0.25) is 19.3 Å². The van der Waals surface area contributed by atoms with Crippen molar-refractivity contribution in [3.63, 3.8) is 0 Å². The lowest BCUT2D eigenvalue weighted by Crippen LogP contribution is -2.75. The molecule has 1 aromatic rings. The Morgan fingerprint density at radius 1 is 1.39 bits per heavy atom. The van der Waals surface area contributed by atoms with E-state index in [0.29, 0.717) is 4.90 Å². The molecule has 0 unspecified atom stereocenters. The highest BCUT2D eigenvalue weighted by Crippen LogP contribution is 2.36. The Balaban J connectivity index is 1.84. The summed E-state index contributed by atoms with van der Waals surface area (Å²) in [5.74, 6) is -4.63. The van der Waals surface area contributed by atoms with Gasteiger partial charge in [-0.25, -0.2) is 13.2 Å². The Hall–Kier alpha value is -3.36. The standard InChI is InChI=1S/C13H14N6O8S/c1-5(20)27-3-6-4-28(25,26)12-9(11(22)19(12)10(6)13(23)24)14-8(21)2-7-15-17-18-16-7/h9,12H,2-4H2,1H3,(H,14,21)(H,23,24)(H,15,16,17,18)/t9-,12-/m1/s1. The fraction of sp³-hybridized carbons (Fsp3) is 0.462. The van der Waals surface area contributed by atoms with Crippen LogP contribution >= 0.6 is 0 Å². The van der Waals surface area contributed by atoms with Gasteiger partial charge in [0.1, 0.15) is 18.3 Å². The zero-order chi connectivity index (χ0) is 20.6. The van der Waals surface area contributed by atoms with Gasteiger partial charge in [-0.2, -0.15) is 5.21 Å². The summed E-state index contributed by atoms with van der Waals surface area (Å²) in [6, 6.07) is -1.45. The van der Waals surface area contributed by atoms with Crippen LogP contribution in [0.25, 0.3) is 0 Å². The highest BCUT2D eigenvalue weighted by Gasteiger charge is 2.60. The number of amides is 2. The van der Waals surface area contributed by atoms with Crippen molar-refractivity contribution < 1.29 is 37.4 Å². The monoisotopic (exact) mass is 414 g/mol. The zero-order valence-corrected chi connectivity index (χ0v) is 15.1. The van der Waals surface area contributed by atoms with Crippen molar-refractivity contribution in [2.75, 3.05) is 12.4 Å². The van der Waals surface area contributed by atoms with Crippen LogP contribution in [0.4, 0.5) is 0 Å². The number of esters is 1. The number of hydrogen-bond donors (Lipinski definition) is 3. The topological polar surface area (TPSA) is 202 Å². The number of sulfone groups is 1. The Morgan fingerprint density at radius 3 is 2.68 bits per heavy atom. The smallest absolute Gasteiger partial charge is 0.352 e. The minimum atomic E-state index is -4.05. The fourth-order valence-electron chi connectivity index (χ4n) is 2.95. The number of carboxylic acids is 1. The molecule has 3 N–H and O–H groups in total. The van der Waals surface area contributed by atoms with Crippen molar-refractivity contribution in [3.05, 3.63) is 17.1 Å². The SMILES string of the molecule is CC(=O)OCC1=C(C(=O)O)N2C(=O)[C@@H](NC(=O)Cc3nn[nH]n3)[C@H]2S(=O)(=O)C1. The largest absolute Gasteiger partial charge is 0.477 e. The van der Waals surface area contributed by atoms with Crippen LogP contribution in [-0.2, 0) is 40.2 Å². The molecule has 0 aliphatic carbocycles. The van der Waals surface area contributed by atoms with E-state index in [4.69, 9.17) is 4.74 Å². The number of aliphatic carboxylic acids is 1. The van der Waals surface area contributed by atoms with Crippen LogP contribution in [0, 0.1) is 0 Å². The molecule has 2 amide bonds. The first-order chi connectivity index (χ1) is 13.1. The third-order valence-electron chi connectivity index (χ3n) is 4.04. The highest BCUT2D eigenvalue weighted by molar-refractivity contribution is 7.92. The number of tetrazole rings is 1. The maximum atomic E-state index is 12.6. The van der Waals surface area contributed by atoms with E-state index in [1.807, 2.05) is 0 Å². The molecule has 15 heteroatoms. The Labute approximate surface area is 156 Å². The van der Waals surface area contributed by atoms with Crippen molar-refractivity contribution in [1.82, 2.24) is 30.8 Å². The molecular formula is C13H14N6O8S. The number of carbonyl (C=O) groups is 4. The van der Waals surface area contributed by atoms with E-state index in [2.05, 4.69) is 25.9 Å². The summed E-state index contributed by atoms with van der Waals surface area (Å²) < 4.78 is 29.8. The highest BCUT2D eigenvalue weighted by atomic mass is 32.2. The van der Waals surface area contributed by atoms with Crippen molar-refractivity contribution in [2.45, 2.75) is 24.8 Å². The lowest BCUT2D eigenvalue weighted by Gasteiger charge is -2.48. The second-order valence-corrected chi connectivity index (χ2v) is 8.09. The van der Waals surface area contributed by atoms with E-state index in [1.165, 1.54) is 0 Å². The van der Waals surface area contributed by atoms with E-state index in [0.717, 1.165) is 6.92 Å². The van der Waals surface area contributed by atoms with Crippen molar-refractivity contribution in [3.8, 4) is 0 Å². The van der Waals surface area contributed by atoms with Gasteiger partial charge >= 0.3 is 11.9 Å². The summed E-state index contributed by atoms with van der Waals surface area (Å²) in [7, 11) is -4.05. The normalized spacial score (nSPS) is 22.9. The fourth-order valence-corrected chi connectivity index (χ4v) is 4.95. The van der Waals surface area contributed by atoms with Crippen LogP contribution in [-0.4, -0.2) is 86.6 Å². The van der Waals surface area contributed by atoms with Gasteiger partial charge in [0.25, 0.3) is 5.91 Å². The van der Waals surface area contributed by atoms with Gasteiger partial charge in [0.2, 0.25) is 5.91 Å². The molecule has 0 saturated carbocycles. The van der Waals surface area contributed by atoms with E-state index < -0.39 is 63.1 Å². The second-order valence-electron chi connectivity index (χ2n) is 5.99. The number of ether oxygens (including phenoxy) is 1. The first-order valence-electron chi connectivity index (χ1n) is 7.77. The van der Waals surface area contributed by atoms with Crippen LogP contribution in [0.2, 0.25) is 0 Å². The average Bonchev–Trinajstić information content (AvgIpc) is 3.09. The maximum Gasteiger partial charge on any atom is 0.352 e. The summed E-state index contributed by atoms with van der Waals surface area (Å²) in [6.07, 6.45) is -0.355. The molecule has 2 aliphatic rings. The summed E-state index contributed by atoms with van der Waals surface area (Å²) in [5.41, 5.74) is -0.807. The number of aromatic nitrogens is 4. The minimum absolute atomic E-state index is 0.0300. The van der Waals surface area contributed by atoms with Crippen LogP contribution in [0.3, 0.4) is 0 Å². The summed E-state index contributed by atoms with van der Waals surface area (Å²) in [5, 5.41) is 22.6. The number of fused-ring (bicyclic) bond motifs is 1. The zero-order valence-electron chi connectivity index (χ0n) is 14.3. The van der Waals surface area contributed by atoms with Crippen LogP contribution in [0.5, 0.6) is 0 Å².